The van der Waals surface area contributed by atoms with Crippen molar-refractivity contribution in [3.8, 4) is 0 Å². The summed E-state index contributed by atoms with van der Waals surface area (Å²) in [5.41, 5.74) is 1.80. The molecule has 1 unspecified atom stereocenters. The lowest BCUT2D eigenvalue weighted by molar-refractivity contribution is 0.111. The third kappa shape index (κ3) is 2.67. The Balaban J connectivity index is 2.80. The highest BCUT2D eigenvalue weighted by molar-refractivity contribution is 5.77. The van der Waals surface area contributed by atoms with Gasteiger partial charge in [0, 0.05) is 12.7 Å². The van der Waals surface area contributed by atoms with E-state index in [-0.39, 0.29) is 6.10 Å². The van der Waals surface area contributed by atoms with Crippen molar-refractivity contribution in [1.82, 2.24) is 0 Å². The average Bonchev–Trinajstić information content (AvgIpc) is 2.18. The molecular weight excluding hydrogens is 164 g/mol. The van der Waals surface area contributed by atoms with Crippen LogP contribution in [0.3, 0.4) is 0 Å². The predicted molar refractivity (Wildman–Crippen MR) is 52.0 cm³/mol. The fourth-order valence-electron chi connectivity index (χ4n) is 1.23. The summed E-state index contributed by atoms with van der Waals surface area (Å²) in [6, 6.07) is 7.58. The monoisotopic (exact) mass is 178 g/mol. The first-order chi connectivity index (χ1) is 6.27. The molecule has 1 rings (SSSR count). The van der Waals surface area contributed by atoms with Gasteiger partial charge in [-0.25, -0.2) is 0 Å². The molecule has 0 aliphatic rings. The van der Waals surface area contributed by atoms with Crippen LogP contribution in [0.1, 0.15) is 22.8 Å². The fraction of sp³-hybridized carbons (Fsp3) is 0.364. The van der Waals surface area contributed by atoms with E-state index < -0.39 is 0 Å². The van der Waals surface area contributed by atoms with Crippen LogP contribution in [0, 0.1) is 0 Å². The number of methoxy groups -OCH3 is 1. The summed E-state index contributed by atoms with van der Waals surface area (Å²) in [4.78, 5) is 10.7. The van der Waals surface area contributed by atoms with Crippen LogP contribution in [-0.4, -0.2) is 19.5 Å². The number of carbonyl (C=O) groups is 1. The highest BCUT2D eigenvalue weighted by Gasteiger charge is 2.05. The number of hydrogen-bond donors (Lipinski definition) is 0. The lowest BCUT2D eigenvalue weighted by atomic mass is 10.0. The van der Waals surface area contributed by atoms with Gasteiger partial charge in [-0.2, -0.15) is 0 Å². The maximum atomic E-state index is 10.7. The Morgan fingerprint density at radius 1 is 1.46 bits per heavy atom. The van der Waals surface area contributed by atoms with Crippen molar-refractivity contribution >= 4 is 6.29 Å². The van der Waals surface area contributed by atoms with Gasteiger partial charge in [-0.3, -0.25) is 4.79 Å². The standard InChI is InChI=1S/C11H14O2/c1-9(13-2)7-10-5-3-4-6-11(10)8-12/h3-6,8-9H,7H2,1-2H3. The molecule has 2 heteroatoms. The van der Waals surface area contributed by atoms with Gasteiger partial charge in [0.25, 0.3) is 0 Å². The minimum absolute atomic E-state index is 0.154. The minimum Gasteiger partial charge on any atom is -0.381 e. The molecule has 1 atom stereocenters. The molecule has 1 aromatic rings. The largest absolute Gasteiger partial charge is 0.381 e. The van der Waals surface area contributed by atoms with Crippen LogP contribution in [0.4, 0.5) is 0 Å². The maximum absolute atomic E-state index is 10.7. The van der Waals surface area contributed by atoms with Gasteiger partial charge in [0.15, 0.2) is 0 Å². The van der Waals surface area contributed by atoms with Gasteiger partial charge < -0.3 is 4.74 Å². The van der Waals surface area contributed by atoms with Crippen molar-refractivity contribution in [3.63, 3.8) is 0 Å². The van der Waals surface area contributed by atoms with Gasteiger partial charge in [-0.1, -0.05) is 24.3 Å². The number of hydrogen-bond acceptors (Lipinski definition) is 2. The van der Waals surface area contributed by atoms with Gasteiger partial charge in [0.2, 0.25) is 0 Å². The molecule has 0 saturated carbocycles. The van der Waals surface area contributed by atoms with Crippen LogP contribution >= 0.6 is 0 Å². The zero-order valence-corrected chi connectivity index (χ0v) is 7.99. The molecule has 0 spiro atoms. The Morgan fingerprint density at radius 2 is 2.15 bits per heavy atom. The van der Waals surface area contributed by atoms with Crippen molar-refractivity contribution in [2.75, 3.05) is 7.11 Å². The predicted octanol–water partition coefficient (Wildman–Crippen LogP) is 2.08. The first-order valence-electron chi connectivity index (χ1n) is 4.33. The minimum atomic E-state index is 0.154. The van der Waals surface area contributed by atoms with Crippen LogP contribution in [0.2, 0.25) is 0 Å². The molecular formula is C11H14O2. The first-order valence-corrected chi connectivity index (χ1v) is 4.33. The second-order valence-corrected chi connectivity index (χ2v) is 3.07. The van der Waals surface area contributed by atoms with Gasteiger partial charge in [-0.15, -0.1) is 0 Å². The molecule has 0 amide bonds. The van der Waals surface area contributed by atoms with Crippen LogP contribution in [0.5, 0.6) is 0 Å². The van der Waals surface area contributed by atoms with Gasteiger partial charge in [-0.05, 0) is 18.9 Å². The molecule has 70 valence electrons. The Bertz CT molecular complexity index is 281. The number of carbonyl (C=O) groups excluding carboxylic acids is 1. The summed E-state index contributed by atoms with van der Waals surface area (Å²) in [7, 11) is 1.67. The topological polar surface area (TPSA) is 26.3 Å². The fourth-order valence-corrected chi connectivity index (χ4v) is 1.23. The number of ether oxygens (including phenoxy) is 1. The maximum Gasteiger partial charge on any atom is 0.150 e. The molecule has 0 aliphatic carbocycles. The second-order valence-electron chi connectivity index (χ2n) is 3.07. The van der Waals surface area contributed by atoms with E-state index in [9.17, 15) is 4.79 Å². The van der Waals surface area contributed by atoms with Crippen molar-refractivity contribution in [2.24, 2.45) is 0 Å². The summed E-state index contributed by atoms with van der Waals surface area (Å²) in [5, 5.41) is 0. The highest BCUT2D eigenvalue weighted by Crippen LogP contribution is 2.09. The Labute approximate surface area is 78.5 Å². The lowest BCUT2D eigenvalue weighted by Crippen LogP contribution is -2.09. The van der Waals surface area contributed by atoms with E-state index in [1.54, 1.807) is 7.11 Å². The van der Waals surface area contributed by atoms with Crippen molar-refractivity contribution in [1.29, 1.82) is 0 Å². The molecule has 0 fully saturated rings. The number of rotatable bonds is 4. The van der Waals surface area contributed by atoms with Gasteiger partial charge >= 0.3 is 0 Å². The van der Waals surface area contributed by atoms with E-state index in [0.717, 1.165) is 23.8 Å². The molecule has 0 radical (unpaired) electrons. The lowest BCUT2D eigenvalue weighted by Gasteiger charge is -2.10. The molecule has 0 aromatic heterocycles. The SMILES string of the molecule is COC(C)Cc1ccccc1C=O. The zero-order valence-electron chi connectivity index (χ0n) is 7.99. The van der Waals surface area contributed by atoms with Crippen LogP contribution in [0.25, 0.3) is 0 Å². The molecule has 13 heavy (non-hydrogen) atoms. The van der Waals surface area contributed by atoms with E-state index in [1.165, 1.54) is 0 Å². The summed E-state index contributed by atoms with van der Waals surface area (Å²) in [6.45, 7) is 1.99. The second kappa shape index (κ2) is 4.77. The van der Waals surface area contributed by atoms with E-state index in [0.29, 0.717) is 0 Å². The Hall–Kier alpha value is -1.15. The molecule has 0 saturated heterocycles. The smallest absolute Gasteiger partial charge is 0.150 e. The third-order valence-electron chi connectivity index (χ3n) is 2.09. The van der Waals surface area contributed by atoms with Crippen LogP contribution in [-0.2, 0) is 11.2 Å². The first kappa shape index (κ1) is 9.93. The summed E-state index contributed by atoms with van der Waals surface area (Å²) in [6.07, 6.45) is 1.82. The van der Waals surface area contributed by atoms with Gasteiger partial charge in [0.1, 0.15) is 6.29 Å². The van der Waals surface area contributed by atoms with Crippen LogP contribution < -0.4 is 0 Å². The molecule has 2 nitrogen and oxygen atoms in total. The highest BCUT2D eigenvalue weighted by atomic mass is 16.5. The van der Waals surface area contributed by atoms with E-state index >= 15 is 0 Å². The third-order valence-corrected chi connectivity index (χ3v) is 2.09. The summed E-state index contributed by atoms with van der Waals surface area (Å²) in [5.74, 6) is 0. The summed E-state index contributed by atoms with van der Waals surface area (Å²) < 4.78 is 5.14. The van der Waals surface area contributed by atoms with Crippen LogP contribution in [0.15, 0.2) is 24.3 Å². The Kier molecular flexibility index (Phi) is 3.65. The molecule has 0 N–H and O–H groups in total. The molecule has 1 aromatic carbocycles. The van der Waals surface area contributed by atoms with Crippen molar-refractivity contribution in [2.45, 2.75) is 19.4 Å². The summed E-state index contributed by atoms with van der Waals surface area (Å²) >= 11 is 0. The molecule has 0 heterocycles. The zero-order chi connectivity index (χ0) is 9.68. The van der Waals surface area contributed by atoms with E-state index in [1.807, 2.05) is 31.2 Å². The normalized spacial score (nSPS) is 12.5. The van der Waals surface area contributed by atoms with E-state index in [2.05, 4.69) is 0 Å². The van der Waals surface area contributed by atoms with E-state index in [4.69, 9.17) is 4.74 Å². The Morgan fingerprint density at radius 3 is 2.77 bits per heavy atom. The molecule has 0 aliphatic heterocycles. The number of aldehydes is 1. The molecule has 0 bridgehead atoms. The number of benzene rings is 1. The quantitative estimate of drug-likeness (QED) is 0.660. The average molecular weight is 178 g/mol. The van der Waals surface area contributed by atoms with Crippen molar-refractivity contribution < 1.29 is 9.53 Å². The van der Waals surface area contributed by atoms with Crippen molar-refractivity contribution in [3.05, 3.63) is 35.4 Å². The van der Waals surface area contributed by atoms with Gasteiger partial charge in [0.05, 0.1) is 6.10 Å².